The monoisotopic (exact) mass is 304 g/mol. The average molecular weight is 304 g/mol. The van der Waals surface area contributed by atoms with Crippen LogP contribution in [0.2, 0.25) is 0 Å². The smallest absolute Gasteiger partial charge is 0.160 e. The molecule has 22 heavy (non-hydrogen) atoms. The SMILES string of the molecule is COc1ccc(C[C@@H](C)N[C@H]2CCN(C3CC3)C2)cc1OC. The van der Waals surface area contributed by atoms with E-state index in [-0.39, 0.29) is 0 Å². The first-order chi connectivity index (χ1) is 10.7. The second-order valence-corrected chi connectivity index (χ2v) is 6.67. The molecule has 4 nitrogen and oxygen atoms in total. The summed E-state index contributed by atoms with van der Waals surface area (Å²) in [5.41, 5.74) is 1.29. The van der Waals surface area contributed by atoms with Crippen molar-refractivity contribution in [2.75, 3.05) is 27.3 Å². The molecule has 1 aromatic carbocycles. The van der Waals surface area contributed by atoms with Gasteiger partial charge in [0.05, 0.1) is 14.2 Å². The van der Waals surface area contributed by atoms with Gasteiger partial charge in [-0.1, -0.05) is 6.07 Å². The standard InChI is InChI=1S/C18H28N2O2/c1-13(19-15-8-9-20(12-15)16-5-6-16)10-14-4-7-17(21-2)18(11-14)22-3/h4,7,11,13,15-16,19H,5-6,8-10,12H2,1-3H3/t13-,15+/m1/s1. The van der Waals surface area contributed by atoms with Crippen LogP contribution >= 0.6 is 0 Å². The Balaban J connectivity index is 1.52. The van der Waals surface area contributed by atoms with Crippen LogP contribution in [0.15, 0.2) is 18.2 Å². The fourth-order valence-electron chi connectivity index (χ4n) is 3.52. The zero-order valence-electron chi connectivity index (χ0n) is 14.0. The van der Waals surface area contributed by atoms with E-state index >= 15 is 0 Å². The van der Waals surface area contributed by atoms with Gasteiger partial charge in [0.1, 0.15) is 0 Å². The Hall–Kier alpha value is -1.26. The molecule has 4 heteroatoms. The first-order valence-corrected chi connectivity index (χ1v) is 8.40. The molecule has 0 spiro atoms. The van der Waals surface area contributed by atoms with Crippen molar-refractivity contribution in [2.45, 2.75) is 50.7 Å². The Labute approximate surface area is 133 Å². The first-order valence-electron chi connectivity index (χ1n) is 8.40. The van der Waals surface area contributed by atoms with Crippen LogP contribution in [-0.4, -0.2) is 50.3 Å². The van der Waals surface area contributed by atoms with Gasteiger partial charge in [0, 0.05) is 31.2 Å². The number of ether oxygens (including phenoxy) is 2. The number of hydrogen-bond donors (Lipinski definition) is 1. The van der Waals surface area contributed by atoms with Gasteiger partial charge in [-0.15, -0.1) is 0 Å². The third kappa shape index (κ3) is 3.73. The molecule has 1 heterocycles. The largest absolute Gasteiger partial charge is 0.493 e. The van der Waals surface area contributed by atoms with E-state index in [4.69, 9.17) is 9.47 Å². The lowest BCUT2D eigenvalue weighted by Gasteiger charge is -2.21. The predicted molar refractivity (Wildman–Crippen MR) is 88.8 cm³/mol. The number of nitrogens with one attached hydrogen (secondary N) is 1. The normalized spacial score (nSPS) is 23.5. The highest BCUT2D eigenvalue weighted by molar-refractivity contribution is 5.43. The molecular weight excluding hydrogens is 276 g/mol. The molecule has 0 unspecified atom stereocenters. The Kier molecular flexibility index (Phi) is 4.89. The minimum atomic E-state index is 0.474. The van der Waals surface area contributed by atoms with E-state index < -0.39 is 0 Å². The Morgan fingerprint density at radius 1 is 1.18 bits per heavy atom. The molecule has 0 bridgehead atoms. The summed E-state index contributed by atoms with van der Waals surface area (Å²) >= 11 is 0. The quantitative estimate of drug-likeness (QED) is 0.839. The molecule has 1 aliphatic carbocycles. The second kappa shape index (κ2) is 6.88. The van der Waals surface area contributed by atoms with E-state index in [1.807, 2.05) is 6.07 Å². The summed E-state index contributed by atoms with van der Waals surface area (Å²) in [6.45, 7) is 4.77. The molecule has 122 valence electrons. The highest BCUT2D eigenvalue weighted by Gasteiger charge is 2.34. The van der Waals surface area contributed by atoms with Crippen LogP contribution in [0.25, 0.3) is 0 Å². The van der Waals surface area contributed by atoms with E-state index in [0.29, 0.717) is 12.1 Å². The summed E-state index contributed by atoms with van der Waals surface area (Å²) in [6.07, 6.45) is 5.12. The molecule has 1 aliphatic heterocycles. The zero-order valence-corrected chi connectivity index (χ0v) is 14.0. The Morgan fingerprint density at radius 2 is 1.95 bits per heavy atom. The van der Waals surface area contributed by atoms with Crippen LogP contribution in [0, 0.1) is 0 Å². The summed E-state index contributed by atoms with van der Waals surface area (Å²) in [6, 6.07) is 8.23. The molecule has 1 N–H and O–H groups in total. The number of methoxy groups -OCH3 is 2. The van der Waals surface area contributed by atoms with Crippen LogP contribution in [0.4, 0.5) is 0 Å². The number of likely N-dealkylation sites (tertiary alicyclic amines) is 1. The maximum absolute atomic E-state index is 5.39. The fraction of sp³-hybridized carbons (Fsp3) is 0.667. The molecule has 2 aliphatic rings. The van der Waals surface area contributed by atoms with E-state index in [1.54, 1.807) is 14.2 Å². The lowest BCUT2D eigenvalue weighted by Crippen LogP contribution is -2.39. The number of rotatable bonds is 7. The molecule has 0 amide bonds. The summed E-state index contributed by atoms with van der Waals surface area (Å²) < 4.78 is 10.7. The number of nitrogens with zero attached hydrogens (tertiary/aromatic N) is 1. The third-order valence-electron chi connectivity index (χ3n) is 4.79. The average Bonchev–Trinajstić information content (AvgIpc) is 3.27. The zero-order chi connectivity index (χ0) is 15.5. The highest BCUT2D eigenvalue weighted by Crippen LogP contribution is 2.30. The summed E-state index contributed by atoms with van der Waals surface area (Å²) in [4.78, 5) is 2.65. The lowest BCUT2D eigenvalue weighted by molar-refractivity contribution is 0.313. The van der Waals surface area contributed by atoms with Crippen molar-refractivity contribution in [3.8, 4) is 11.5 Å². The van der Waals surface area contributed by atoms with Crippen LogP contribution in [0.3, 0.4) is 0 Å². The molecular formula is C18H28N2O2. The second-order valence-electron chi connectivity index (χ2n) is 6.67. The van der Waals surface area contributed by atoms with E-state index in [0.717, 1.165) is 24.0 Å². The highest BCUT2D eigenvalue weighted by atomic mass is 16.5. The van der Waals surface area contributed by atoms with Crippen molar-refractivity contribution < 1.29 is 9.47 Å². The Bertz CT molecular complexity index is 502. The van der Waals surface area contributed by atoms with Gasteiger partial charge in [-0.25, -0.2) is 0 Å². The van der Waals surface area contributed by atoms with Crippen molar-refractivity contribution >= 4 is 0 Å². The third-order valence-corrected chi connectivity index (χ3v) is 4.79. The molecule has 0 aromatic heterocycles. The molecule has 3 rings (SSSR count). The van der Waals surface area contributed by atoms with Crippen LogP contribution in [0.5, 0.6) is 11.5 Å². The predicted octanol–water partition coefficient (Wildman–Crippen LogP) is 2.46. The molecule has 0 radical (unpaired) electrons. The van der Waals surface area contributed by atoms with Gasteiger partial charge in [0.2, 0.25) is 0 Å². The van der Waals surface area contributed by atoms with Crippen molar-refractivity contribution in [3.63, 3.8) is 0 Å². The van der Waals surface area contributed by atoms with Gasteiger partial charge >= 0.3 is 0 Å². The summed E-state index contributed by atoms with van der Waals surface area (Å²) in [7, 11) is 3.36. The molecule has 1 saturated heterocycles. The lowest BCUT2D eigenvalue weighted by atomic mass is 10.1. The molecule has 1 aromatic rings. The van der Waals surface area contributed by atoms with Gasteiger partial charge in [-0.3, -0.25) is 4.90 Å². The van der Waals surface area contributed by atoms with Crippen molar-refractivity contribution in [1.29, 1.82) is 0 Å². The number of hydrogen-bond acceptors (Lipinski definition) is 4. The van der Waals surface area contributed by atoms with Gasteiger partial charge in [0.25, 0.3) is 0 Å². The van der Waals surface area contributed by atoms with Crippen LogP contribution < -0.4 is 14.8 Å². The number of benzene rings is 1. The van der Waals surface area contributed by atoms with Crippen LogP contribution in [-0.2, 0) is 6.42 Å². The van der Waals surface area contributed by atoms with Crippen LogP contribution in [0.1, 0.15) is 31.7 Å². The van der Waals surface area contributed by atoms with E-state index in [1.165, 1.54) is 37.9 Å². The first kappa shape index (κ1) is 15.6. The summed E-state index contributed by atoms with van der Waals surface area (Å²) in [5.74, 6) is 1.61. The maximum atomic E-state index is 5.39. The van der Waals surface area contributed by atoms with Gasteiger partial charge < -0.3 is 14.8 Å². The summed E-state index contributed by atoms with van der Waals surface area (Å²) in [5, 5.41) is 3.79. The van der Waals surface area contributed by atoms with E-state index in [9.17, 15) is 0 Å². The molecule has 2 atom stereocenters. The Morgan fingerprint density at radius 3 is 2.64 bits per heavy atom. The molecule has 2 fully saturated rings. The topological polar surface area (TPSA) is 33.7 Å². The fourth-order valence-corrected chi connectivity index (χ4v) is 3.52. The maximum Gasteiger partial charge on any atom is 0.160 e. The van der Waals surface area contributed by atoms with Crippen molar-refractivity contribution in [1.82, 2.24) is 10.2 Å². The van der Waals surface area contributed by atoms with E-state index in [2.05, 4.69) is 29.3 Å². The minimum Gasteiger partial charge on any atom is -0.493 e. The van der Waals surface area contributed by atoms with Gasteiger partial charge in [-0.2, -0.15) is 0 Å². The molecule has 1 saturated carbocycles. The minimum absolute atomic E-state index is 0.474. The van der Waals surface area contributed by atoms with Crippen molar-refractivity contribution in [2.24, 2.45) is 0 Å². The van der Waals surface area contributed by atoms with Gasteiger partial charge in [-0.05, 0) is 50.3 Å². The van der Waals surface area contributed by atoms with Crippen molar-refractivity contribution in [3.05, 3.63) is 23.8 Å². The van der Waals surface area contributed by atoms with Gasteiger partial charge in [0.15, 0.2) is 11.5 Å².